The highest BCUT2D eigenvalue weighted by Crippen LogP contribution is 2.32. The minimum Gasteiger partial charge on any atom is -0.325 e. The summed E-state index contributed by atoms with van der Waals surface area (Å²) < 4.78 is 30.8. The van der Waals surface area contributed by atoms with Gasteiger partial charge in [0.05, 0.1) is 5.69 Å². The minimum atomic E-state index is -3.77. The van der Waals surface area contributed by atoms with Crippen LogP contribution in [0.2, 0.25) is 0 Å². The molecule has 1 aliphatic rings. The summed E-state index contributed by atoms with van der Waals surface area (Å²) in [5.41, 5.74) is 0.687. The van der Waals surface area contributed by atoms with Crippen LogP contribution in [0.3, 0.4) is 0 Å². The fourth-order valence-corrected chi connectivity index (χ4v) is 5.91. The molecule has 25 heavy (non-hydrogen) atoms. The lowest BCUT2D eigenvalue weighted by Gasteiger charge is -2.37. The van der Waals surface area contributed by atoms with Crippen LogP contribution in [0, 0.1) is 6.92 Å². The number of hydrogen-bond donors (Lipinski definition) is 0. The van der Waals surface area contributed by atoms with Gasteiger partial charge in [-0.05, 0) is 68.0 Å². The molecule has 0 atom stereocenters. The zero-order chi connectivity index (χ0) is 18.2. The van der Waals surface area contributed by atoms with Crippen molar-refractivity contribution < 1.29 is 8.42 Å². The van der Waals surface area contributed by atoms with Crippen molar-refractivity contribution in [3.63, 3.8) is 0 Å². The molecule has 8 heteroatoms. The van der Waals surface area contributed by atoms with Gasteiger partial charge in [-0.15, -0.1) is 0 Å². The molecule has 2 aromatic rings. The van der Waals surface area contributed by atoms with E-state index in [2.05, 4.69) is 32.9 Å². The van der Waals surface area contributed by atoms with Crippen LogP contribution in [0.5, 0.6) is 0 Å². The molecule has 1 fully saturated rings. The van der Waals surface area contributed by atoms with Crippen LogP contribution >= 0.6 is 15.9 Å². The first-order valence-electron chi connectivity index (χ1n) is 8.29. The molecule has 0 saturated carbocycles. The summed E-state index contributed by atoms with van der Waals surface area (Å²) in [5, 5.41) is 0.0790. The zero-order valence-electron chi connectivity index (χ0n) is 14.7. The molecule has 6 nitrogen and oxygen atoms in total. The molecule has 136 valence electrons. The van der Waals surface area contributed by atoms with E-state index in [-0.39, 0.29) is 11.1 Å². The van der Waals surface area contributed by atoms with Gasteiger partial charge in [0.1, 0.15) is 10.4 Å². The zero-order valence-corrected chi connectivity index (χ0v) is 17.1. The van der Waals surface area contributed by atoms with Crippen molar-refractivity contribution in [2.45, 2.75) is 30.8 Å². The Bertz CT molecular complexity index is 843. The van der Waals surface area contributed by atoms with Crippen molar-refractivity contribution in [3.8, 4) is 0 Å². The lowest BCUT2D eigenvalue weighted by Crippen LogP contribution is -2.47. The number of likely N-dealkylation sites (tertiary alicyclic amines) is 1. The van der Waals surface area contributed by atoms with Gasteiger partial charge >= 0.3 is 0 Å². The monoisotopic (exact) mass is 426 g/mol. The van der Waals surface area contributed by atoms with Gasteiger partial charge in [0.15, 0.2) is 0 Å². The van der Waals surface area contributed by atoms with Gasteiger partial charge < -0.3 is 9.47 Å². The number of anilines is 1. The predicted molar refractivity (Wildman–Crippen MR) is 102 cm³/mol. The van der Waals surface area contributed by atoms with Crippen LogP contribution < -0.4 is 4.31 Å². The second-order valence-electron chi connectivity index (χ2n) is 6.48. The fraction of sp³-hybridized carbons (Fsp3) is 0.471. The molecular weight excluding hydrogens is 404 g/mol. The van der Waals surface area contributed by atoms with Gasteiger partial charge in [0.2, 0.25) is 5.03 Å². The van der Waals surface area contributed by atoms with E-state index < -0.39 is 10.0 Å². The Balaban J connectivity index is 2.09. The first kappa shape index (κ1) is 18.4. The molecule has 0 bridgehead atoms. The number of hydrogen-bond acceptors (Lipinski definition) is 4. The first-order chi connectivity index (χ1) is 11.8. The molecule has 0 amide bonds. The second-order valence-corrected chi connectivity index (χ2v) is 8.97. The quantitative estimate of drug-likeness (QED) is 0.753. The van der Waals surface area contributed by atoms with E-state index in [4.69, 9.17) is 0 Å². The van der Waals surface area contributed by atoms with Crippen LogP contribution in [0.4, 0.5) is 5.69 Å². The molecule has 1 aliphatic heterocycles. The number of aryl methyl sites for hydroxylation is 1. The van der Waals surface area contributed by atoms with Crippen molar-refractivity contribution >= 4 is 31.6 Å². The van der Waals surface area contributed by atoms with Gasteiger partial charge in [-0.25, -0.2) is 4.98 Å². The van der Waals surface area contributed by atoms with Crippen LogP contribution in [0.25, 0.3) is 0 Å². The van der Waals surface area contributed by atoms with Gasteiger partial charge in [-0.3, -0.25) is 4.31 Å². The fourth-order valence-electron chi connectivity index (χ4n) is 3.16. The lowest BCUT2D eigenvalue weighted by atomic mass is 10.1. The molecule has 2 heterocycles. The van der Waals surface area contributed by atoms with E-state index in [9.17, 15) is 8.42 Å². The lowest BCUT2D eigenvalue weighted by molar-refractivity contribution is 0.257. The summed E-state index contributed by atoms with van der Waals surface area (Å²) in [5.74, 6) is 0.654. The second kappa shape index (κ2) is 7.09. The van der Waals surface area contributed by atoms with E-state index in [1.807, 2.05) is 30.3 Å². The maximum absolute atomic E-state index is 13.5. The molecule has 1 saturated heterocycles. The van der Waals surface area contributed by atoms with E-state index in [1.165, 1.54) is 0 Å². The Morgan fingerprint density at radius 3 is 2.28 bits per heavy atom. The van der Waals surface area contributed by atoms with E-state index in [0.29, 0.717) is 16.1 Å². The molecular formula is C17H23BrN4O2S. The Labute approximate surface area is 157 Å². The molecule has 1 aromatic heterocycles. The van der Waals surface area contributed by atoms with Gasteiger partial charge in [-0.1, -0.05) is 18.2 Å². The number of para-hydroxylation sites is 1. The number of sulfonamides is 1. The summed E-state index contributed by atoms with van der Waals surface area (Å²) in [6.45, 7) is 3.56. The summed E-state index contributed by atoms with van der Waals surface area (Å²) in [4.78, 5) is 6.54. The van der Waals surface area contributed by atoms with Gasteiger partial charge in [0, 0.05) is 13.1 Å². The summed E-state index contributed by atoms with van der Waals surface area (Å²) in [6.07, 6.45) is 1.60. The molecule has 0 unspecified atom stereocenters. The van der Waals surface area contributed by atoms with E-state index >= 15 is 0 Å². The molecule has 0 aliphatic carbocycles. The number of rotatable bonds is 4. The standard InChI is InChI=1S/C17H23BrN4O2S/c1-13-19-17(16(18)21(13)3)25(23,24)22(14-7-5-4-6-8-14)15-9-11-20(2)12-10-15/h4-8,15H,9-12H2,1-3H3. The van der Waals surface area contributed by atoms with Crippen molar-refractivity contribution in [2.24, 2.45) is 7.05 Å². The summed E-state index contributed by atoms with van der Waals surface area (Å²) >= 11 is 3.40. The smallest absolute Gasteiger partial charge is 0.284 e. The highest BCUT2D eigenvalue weighted by molar-refractivity contribution is 9.10. The number of piperidine rings is 1. The van der Waals surface area contributed by atoms with Crippen molar-refractivity contribution in [2.75, 3.05) is 24.4 Å². The van der Waals surface area contributed by atoms with Crippen LogP contribution in [-0.2, 0) is 17.1 Å². The Hall–Kier alpha value is -1.38. The number of benzene rings is 1. The van der Waals surface area contributed by atoms with Crippen molar-refractivity contribution in [3.05, 3.63) is 40.8 Å². The Kier molecular flexibility index (Phi) is 5.22. The number of aromatic nitrogens is 2. The molecule has 3 rings (SSSR count). The van der Waals surface area contributed by atoms with Crippen LogP contribution in [-0.4, -0.2) is 49.0 Å². The van der Waals surface area contributed by atoms with Crippen LogP contribution in [0.15, 0.2) is 40.0 Å². The molecule has 1 aromatic carbocycles. The van der Waals surface area contributed by atoms with E-state index in [1.54, 1.807) is 22.8 Å². The third-order valence-electron chi connectivity index (χ3n) is 4.75. The topological polar surface area (TPSA) is 58.4 Å². The number of nitrogens with zero attached hydrogens (tertiary/aromatic N) is 4. The molecule has 0 radical (unpaired) electrons. The highest BCUT2D eigenvalue weighted by Gasteiger charge is 2.36. The maximum Gasteiger partial charge on any atom is 0.284 e. The Morgan fingerprint density at radius 1 is 1.16 bits per heavy atom. The van der Waals surface area contributed by atoms with Gasteiger partial charge in [0.25, 0.3) is 10.0 Å². The third-order valence-corrected chi connectivity index (χ3v) is 7.72. The number of halogens is 1. The van der Waals surface area contributed by atoms with Crippen molar-refractivity contribution in [1.82, 2.24) is 14.5 Å². The third kappa shape index (κ3) is 3.47. The highest BCUT2D eigenvalue weighted by atomic mass is 79.9. The largest absolute Gasteiger partial charge is 0.325 e. The molecule has 0 spiro atoms. The first-order valence-corrected chi connectivity index (χ1v) is 10.5. The molecule has 0 N–H and O–H groups in total. The maximum atomic E-state index is 13.5. The van der Waals surface area contributed by atoms with E-state index in [0.717, 1.165) is 25.9 Å². The normalized spacial score (nSPS) is 17.0. The summed E-state index contributed by atoms with van der Waals surface area (Å²) in [6, 6.07) is 9.25. The average molecular weight is 427 g/mol. The predicted octanol–water partition coefficient (Wildman–Crippen LogP) is 2.78. The minimum absolute atomic E-state index is 0.0715. The van der Waals surface area contributed by atoms with Crippen LogP contribution in [0.1, 0.15) is 18.7 Å². The van der Waals surface area contributed by atoms with Gasteiger partial charge in [-0.2, -0.15) is 8.42 Å². The number of imidazole rings is 1. The SMILES string of the molecule is Cc1nc(S(=O)(=O)N(c2ccccc2)C2CCN(C)CC2)c(Br)n1C. The Morgan fingerprint density at radius 2 is 1.76 bits per heavy atom. The van der Waals surface area contributed by atoms with Crippen molar-refractivity contribution in [1.29, 1.82) is 0 Å². The average Bonchev–Trinajstić information content (AvgIpc) is 2.86. The summed E-state index contributed by atoms with van der Waals surface area (Å²) in [7, 11) is 0.0976.